The van der Waals surface area contributed by atoms with Crippen molar-refractivity contribution in [3.8, 4) is 5.69 Å². The average molecular weight is 401 g/mol. The van der Waals surface area contributed by atoms with Crippen molar-refractivity contribution >= 4 is 17.5 Å². The van der Waals surface area contributed by atoms with Gasteiger partial charge in [-0.25, -0.2) is 9.07 Å². The van der Waals surface area contributed by atoms with Crippen LogP contribution in [0.5, 0.6) is 0 Å². The van der Waals surface area contributed by atoms with E-state index >= 15 is 0 Å². The highest BCUT2D eigenvalue weighted by molar-refractivity contribution is 6.30. The molecule has 5 nitrogen and oxygen atoms in total. The molecule has 7 heteroatoms. The van der Waals surface area contributed by atoms with E-state index in [2.05, 4.69) is 5.10 Å². The molecule has 0 aliphatic rings. The average Bonchev–Trinajstić information content (AvgIpc) is 3.16. The molecule has 0 saturated carbocycles. The zero-order valence-corrected chi connectivity index (χ0v) is 16.6. The molecule has 3 aromatic rings. The van der Waals surface area contributed by atoms with Crippen LogP contribution in [0.3, 0.4) is 0 Å². The minimum Gasteiger partial charge on any atom is -0.332 e. The maximum absolute atomic E-state index is 14.1. The van der Waals surface area contributed by atoms with Crippen LogP contribution in [0, 0.1) is 5.82 Å². The van der Waals surface area contributed by atoms with Gasteiger partial charge in [0.1, 0.15) is 5.82 Å². The van der Waals surface area contributed by atoms with Crippen LogP contribution in [-0.4, -0.2) is 52.7 Å². The van der Waals surface area contributed by atoms with E-state index in [1.807, 2.05) is 31.1 Å². The molecule has 0 aliphatic carbocycles. The van der Waals surface area contributed by atoms with Gasteiger partial charge in [0, 0.05) is 36.4 Å². The Balaban J connectivity index is 1.83. The van der Waals surface area contributed by atoms with Crippen LogP contribution < -0.4 is 0 Å². The molecular weight excluding hydrogens is 379 g/mol. The van der Waals surface area contributed by atoms with E-state index in [1.54, 1.807) is 52.2 Å². The Kier molecular flexibility index (Phi) is 6.44. The lowest BCUT2D eigenvalue weighted by Crippen LogP contribution is -2.36. The molecule has 28 heavy (non-hydrogen) atoms. The molecule has 1 aromatic heterocycles. The lowest BCUT2D eigenvalue weighted by molar-refractivity contribution is 0.0724. The fourth-order valence-electron chi connectivity index (χ4n) is 2.77. The molecule has 0 radical (unpaired) electrons. The SMILES string of the molecule is CN(C)CCN(Cc1ccccc1F)C(=O)c1ccn(-c2cccc(Cl)c2)n1. The van der Waals surface area contributed by atoms with E-state index < -0.39 is 0 Å². The number of rotatable bonds is 7. The highest BCUT2D eigenvalue weighted by Gasteiger charge is 2.20. The summed E-state index contributed by atoms with van der Waals surface area (Å²) < 4.78 is 15.7. The van der Waals surface area contributed by atoms with Crippen molar-refractivity contribution in [3.63, 3.8) is 0 Å². The number of aromatic nitrogens is 2. The van der Waals surface area contributed by atoms with Gasteiger partial charge in [-0.15, -0.1) is 0 Å². The van der Waals surface area contributed by atoms with Crippen LogP contribution in [0.1, 0.15) is 16.1 Å². The quantitative estimate of drug-likeness (QED) is 0.604. The molecule has 0 spiro atoms. The minimum atomic E-state index is -0.324. The van der Waals surface area contributed by atoms with Crippen LogP contribution in [-0.2, 0) is 6.54 Å². The van der Waals surface area contributed by atoms with Crippen molar-refractivity contribution in [2.45, 2.75) is 6.54 Å². The van der Waals surface area contributed by atoms with E-state index in [0.717, 1.165) is 5.69 Å². The van der Waals surface area contributed by atoms with Gasteiger partial charge in [0.2, 0.25) is 0 Å². The molecule has 0 aliphatic heterocycles. The molecule has 0 saturated heterocycles. The summed E-state index contributed by atoms with van der Waals surface area (Å²) >= 11 is 6.03. The molecule has 0 bridgehead atoms. The van der Waals surface area contributed by atoms with Crippen LogP contribution in [0.4, 0.5) is 4.39 Å². The Bertz CT molecular complexity index is 957. The van der Waals surface area contributed by atoms with Gasteiger partial charge >= 0.3 is 0 Å². The normalized spacial score (nSPS) is 11.0. The smallest absolute Gasteiger partial charge is 0.274 e. The largest absolute Gasteiger partial charge is 0.332 e. The van der Waals surface area contributed by atoms with Gasteiger partial charge < -0.3 is 9.80 Å². The number of hydrogen-bond acceptors (Lipinski definition) is 3. The van der Waals surface area contributed by atoms with Gasteiger partial charge in [0.25, 0.3) is 5.91 Å². The van der Waals surface area contributed by atoms with E-state index in [-0.39, 0.29) is 18.3 Å². The first kappa shape index (κ1) is 20.0. The van der Waals surface area contributed by atoms with Crippen molar-refractivity contribution < 1.29 is 9.18 Å². The van der Waals surface area contributed by atoms with Crippen molar-refractivity contribution in [2.75, 3.05) is 27.2 Å². The van der Waals surface area contributed by atoms with Gasteiger partial charge in [0.05, 0.1) is 5.69 Å². The molecule has 2 aromatic carbocycles. The van der Waals surface area contributed by atoms with E-state index in [0.29, 0.717) is 29.4 Å². The molecule has 0 N–H and O–H groups in total. The summed E-state index contributed by atoms with van der Waals surface area (Å²) in [4.78, 5) is 16.7. The molecule has 3 rings (SSSR count). The monoisotopic (exact) mass is 400 g/mol. The van der Waals surface area contributed by atoms with Crippen molar-refractivity contribution in [3.05, 3.63) is 82.9 Å². The van der Waals surface area contributed by atoms with Crippen LogP contribution in [0.15, 0.2) is 60.8 Å². The summed E-state index contributed by atoms with van der Waals surface area (Å²) in [6, 6.07) is 15.4. The first-order valence-corrected chi connectivity index (χ1v) is 9.31. The fraction of sp³-hybridized carbons (Fsp3) is 0.238. The molecule has 0 fully saturated rings. The van der Waals surface area contributed by atoms with E-state index in [4.69, 9.17) is 11.6 Å². The fourth-order valence-corrected chi connectivity index (χ4v) is 2.95. The van der Waals surface area contributed by atoms with Gasteiger partial charge in [-0.05, 0) is 44.4 Å². The van der Waals surface area contributed by atoms with Gasteiger partial charge in [-0.3, -0.25) is 4.79 Å². The maximum atomic E-state index is 14.1. The number of likely N-dealkylation sites (N-methyl/N-ethyl adjacent to an activating group) is 1. The van der Waals surface area contributed by atoms with Crippen LogP contribution >= 0.6 is 11.6 Å². The summed E-state index contributed by atoms with van der Waals surface area (Å²) in [7, 11) is 3.86. The van der Waals surface area contributed by atoms with Crippen molar-refractivity contribution in [1.82, 2.24) is 19.6 Å². The summed E-state index contributed by atoms with van der Waals surface area (Å²) in [5, 5.41) is 4.98. The molecule has 0 unspecified atom stereocenters. The minimum absolute atomic E-state index is 0.184. The zero-order chi connectivity index (χ0) is 20.1. The summed E-state index contributed by atoms with van der Waals surface area (Å²) in [5.41, 5.74) is 1.54. The molecule has 1 heterocycles. The van der Waals surface area contributed by atoms with Crippen LogP contribution in [0.25, 0.3) is 5.69 Å². The molecule has 1 amide bonds. The Morgan fingerprint density at radius 1 is 1.11 bits per heavy atom. The number of hydrogen-bond donors (Lipinski definition) is 0. The third-order valence-corrected chi connectivity index (χ3v) is 4.54. The maximum Gasteiger partial charge on any atom is 0.274 e. The third-order valence-electron chi connectivity index (χ3n) is 4.30. The number of benzene rings is 2. The number of amides is 1. The predicted octanol–water partition coefficient (Wildman–Crippen LogP) is 3.87. The van der Waals surface area contributed by atoms with Gasteiger partial charge in [0.15, 0.2) is 5.69 Å². The second-order valence-electron chi connectivity index (χ2n) is 6.75. The Labute approximate surface area is 168 Å². The summed E-state index contributed by atoms with van der Waals surface area (Å²) in [5.74, 6) is -0.569. The summed E-state index contributed by atoms with van der Waals surface area (Å²) in [6.45, 7) is 1.31. The number of carbonyl (C=O) groups excluding carboxylic acids is 1. The summed E-state index contributed by atoms with van der Waals surface area (Å²) in [6.07, 6.45) is 1.71. The standard InChI is InChI=1S/C21H22ClFN4O/c1-25(2)12-13-26(15-16-6-3-4-9-19(16)23)21(28)20-10-11-27(24-20)18-8-5-7-17(22)14-18/h3-11,14H,12-13,15H2,1-2H3. The third kappa shape index (κ3) is 4.97. The molecular formula is C21H22ClFN4O. The highest BCUT2D eigenvalue weighted by Crippen LogP contribution is 2.16. The second-order valence-corrected chi connectivity index (χ2v) is 7.18. The first-order valence-electron chi connectivity index (χ1n) is 8.93. The lowest BCUT2D eigenvalue weighted by atomic mass is 10.2. The number of carbonyl (C=O) groups is 1. The topological polar surface area (TPSA) is 41.4 Å². The molecule has 0 atom stereocenters. The Morgan fingerprint density at radius 2 is 1.89 bits per heavy atom. The zero-order valence-electron chi connectivity index (χ0n) is 15.8. The first-order chi connectivity index (χ1) is 13.4. The van der Waals surface area contributed by atoms with Crippen molar-refractivity contribution in [1.29, 1.82) is 0 Å². The van der Waals surface area contributed by atoms with Crippen molar-refractivity contribution in [2.24, 2.45) is 0 Å². The number of nitrogens with zero attached hydrogens (tertiary/aromatic N) is 4. The van der Waals surface area contributed by atoms with E-state index in [1.165, 1.54) is 6.07 Å². The Hall–Kier alpha value is -2.70. The molecule has 146 valence electrons. The van der Waals surface area contributed by atoms with Crippen LogP contribution in [0.2, 0.25) is 5.02 Å². The van der Waals surface area contributed by atoms with Gasteiger partial charge in [-0.2, -0.15) is 5.10 Å². The second kappa shape index (κ2) is 8.99. The van der Waals surface area contributed by atoms with E-state index in [9.17, 15) is 9.18 Å². The Morgan fingerprint density at radius 3 is 2.61 bits per heavy atom. The highest BCUT2D eigenvalue weighted by atomic mass is 35.5. The van der Waals surface area contributed by atoms with Gasteiger partial charge in [-0.1, -0.05) is 35.9 Å². The number of halogens is 2. The lowest BCUT2D eigenvalue weighted by Gasteiger charge is -2.24. The predicted molar refractivity (Wildman–Crippen MR) is 108 cm³/mol.